The molecular weight excluding hydrogens is 374 g/mol. The third-order valence-corrected chi connectivity index (χ3v) is 5.18. The Morgan fingerprint density at radius 2 is 1.93 bits per heavy atom. The van der Waals surface area contributed by atoms with E-state index in [1.807, 2.05) is 0 Å². The molecule has 0 aromatic heterocycles. The first-order valence-corrected chi connectivity index (χ1v) is 9.32. The van der Waals surface area contributed by atoms with Gasteiger partial charge in [0.05, 0.1) is 19.3 Å². The minimum Gasteiger partial charge on any atom is -0.465 e. The predicted octanol–water partition coefficient (Wildman–Crippen LogP) is 1.92. The zero-order chi connectivity index (χ0) is 20.1. The number of hydrogen-bond acceptors (Lipinski definition) is 8. The van der Waals surface area contributed by atoms with Crippen molar-refractivity contribution in [2.24, 2.45) is 0 Å². The van der Waals surface area contributed by atoms with Crippen LogP contribution in [0.25, 0.3) is 0 Å². The lowest BCUT2D eigenvalue weighted by Crippen LogP contribution is -2.43. The Hall–Kier alpha value is -2.55. The van der Waals surface area contributed by atoms with Crippen molar-refractivity contribution in [2.45, 2.75) is 32.2 Å². The Morgan fingerprint density at radius 3 is 2.48 bits per heavy atom. The van der Waals surface area contributed by atoms with Gasteiger partial charge < -0.3 is 19.1 Å². The van der Waals surface area contributed by atoms with Crippen molar-refractivity contribution in [1.82, 2.24) is 4.90 Å². The first kappa shape index (κ1) is 20.8. The van der Waals surface area contributed by atoms with Crippen LogP contribution in [0, 0.1) is 0 Å². The van der Waals surface area contributed by atoms with E-state index in [4.69, 9.17) is 14.2 Å². The van der Waals surface area contributed by atoms with E-state index < -0.39 is 29.3 Å². The smallest absolute Gasteiger partial charge is 0.338 e. The van der Waals surface area contributed by atoms with Crippen LogP contribution in [0.3, 0.4) is 0 Å². The number of benzene rings is 1. The summed E-state index contributed by atoms with van der Waals surface area (Å²) < 4.78 is 15.0. The normalized spacial score (nSPS) is 18.7. The van der Waals surface area contributed by atoms with Crippen LogP contribution in [0.1, 0.15) is 42.1 Å². The highest BCUT2D eigenvalue weighted by Crippen LogP contribution is 2.44. The molecule has 0 N–H and O–H groups in total. The van der Waals surface area contributed by atoms with Crippen LogP contribution >= 0.6 is 11.8 Å². The van der Waals surface area contributed by atoms with Gasteiger partial charge in [-0.2, -0.15) is 0 Å². The van der Waals surface area contributed by atoms with Crippen LogP contribution in [-0.2, 0) is 23.9 Å². The molecule has 1 aromatic carbocycles. The summed E-state index contributed by atoms with van der Waals surface area (Å²) in [5.41, 5.74) is 0.647. The molecule has 0 bridgehead atoms. The van der Waals surface area contributed by atoms with Gasteiger partial charge in [-0.15, -0.1) is 11.8 Å². The molecule has 0 aliphatic carbocycles. The summed E-state index contributed by atoms with van der Waals surface area (Å²) in [6, 6.07) is 3.68. The van der Waals surface area contributed by atoms with Crippen molar-refractivity contribution < 1.29 is 33.4 Å². The molecule has 2 atom stereocenters. The Kier molecular flexibility index (Phi) is 6.84. The van der Waals surface area contributed by atoms with Crippen LogP contribution < -0.4 is 4.74 Å². The SMILES string of the molecule is CCOC(=O)C1CSC(c2cc(OC(C)=O)ccc2C(=O)OC)N1C(C)=O. The van der Waals surface area contributed by atoms with E-state index in [-0.39, 0.29) is 23.8 Å². The fourth-order valence-electron chi connectivity index (χ4n) is 2.82. The summed E-state index contributed by atoms with van der Waals surface area (Å²) in [4.78, 5) is 49.3. The number of amides is 1. The van der Waals surface area contributed by atoms with E-state index in [9.17, 15) is 19.2 Å². The molecule has 2 unspecified atom stereocenters. The molecule has 0 saturated carbocycles. The van der Waals surface area contributed by atoms with Crippen LogP contribution in [0.5, 0.6) is 5.75 Å². The van der Waals surface area contributed by atoms with Gasteiger partial charge in [0.1, 0.15) is 17.2 Å². The average molecular weight is 395 g/mol. The minimum absolute atomic E-state index is 0.200. The number of methoxy groups -OCH3 is 1. The second-order valence-corrected chi connectivity index (χ2v) is 6.83. The fraction of sp³-hybridized carbons (Fsp3) is 0.444. The number of nitrogens with zero attached hydrogens (tertiary/aromatic N) is 1. The predicted molar refractivity (Wildman–Crippen MR) is 97.2 cm³/mol. The number of hydrogen-bond donors (Lipinski definition) is 0. The molecule has 1 heterocycles. The monoisotopic (exact) mass is 395 g/mol. The van der Waals surface area contributed by atoms with Crippen molar-refractivity contribution in [1.29, 1.82) is 0 Å². The second kappa shape index (κ2) is 8.90. The van der Waals surface area contributed by atoms with Crippen LogP contribution in [0.15, 0.2) is 18.2 Å². The van der Waals surface area contributed by atoms with Gasteiger partial charge in [0.2, 0.25) is 5.91 Å². The molecule has 1 fully saturated rings. The number of esters is 3. The van der Waals surface area contributed by atoms with E-state index in [2.05, 4.69) is 0 Å². The summed E-state index contributed by atoms with van der Waals surface area (Å²) in [7, 11) is 1.25. The maximum absolute atomic E-state index is 12.3. The van der Waals surface area contributed by atoms with Crippen molar-refractivity contribution >= 4 is 35.6 Å². The zero-order valence-corrected chi connectivity index (χ0v) is 16.3. The summed E-state index contributed by atoms with van der Waals surface area (Å²) >= 11 is 1.32. The van der Waals surface area contributed by atoms with E-state index in [0.717, 1.165) is 0 Å². The molecule has 27 heavy (non-hydrogen) atoms. The van der Waals surface area contributed by atoms with Gasteiger partial charge in [-0.25, -0.2) is 9.59 Å². The highest BCUT2D eigenvalue weighted by molar-refractivity contribution is 7.99. The van der Waals surface area contributed by atoms with Gasteiger partial charge in [-0.3, -0.25) is 9.59 Å². The number of carbonyl (C=O) groups excluding carboxylic acids is 4. The third-order valence-electron chi connectivity index (χ3n) is 3.88. The van der Waals surface area contributed by atoms with E-state index in [1.54, 1.807) is 6.92 Å². The largest absolute Gasteiger partial charge is 0.465 e. The van der Waals surface area contributed by atoms with E-state index >= 15 is 0 Å². The standard InChI is InChI=1S/C18H21NO7S/c1-5-25-18(23)15-9-27-16(19(15)10(2)20)14-8-12(26-11(3)21)6-7-13(14)17(22)24-4/h6-8,15-16H,5,9H2,1-4H3. The first-order valence-electron chi connectivity index (χ1n) is 8.28. The number of ether oxygens (including phenoxy) is 3. The zero-order valence-electron chi connectivity index (χ0n) is 15.5. The highest BCUT2D eigenvalue weighted by Gasteiger charge is 2.43. The third kappa shape index (κ3) is 4.60. The quantitative estimate of drug-likeness (QED) is 0.551. The van der Waals surface area contributed by atoms with Crippen LogP contribution in [0.2, 0.25) is 0 Å². The molecule has 0 spiro atoms. The second-order valence-electron chi connectivity index (χ2n) is 5.71. The van der Waals surface area contributed by atoms with Gasteiger partial charge in [0, 0.05) is 25.2 Å². The molecule has 1 aromatic rings. The molecule has 1 aliphatic heterocycles. The molecule has 9 heteroatoms. The fourth-order valence-corrected chi connectivity index (χ4v) is 4.31. The van der Waals surface area contributed by atoms with Crippen molar-refractivity contribution in [3.8, 4) is 5.75 Å². The van der Waals surface area contributed by atoms with Crippen LogP contribution in [0.4, 0.5) is 0 Å². The molecule has 146 valence electrons. The Balaban J connectivity index is 2.49. The van der Waals surface area contributed by atoms with Crippen molar-refractivity contribution in [2.75, 3.05) is 19.5 Å². The summed E-state index contributed by atoms with van der Waals surface area (Å²) in [5.74, 6) is -1.40. The average Bonchev–Trinajstić information content (AvgIpc) is 3.06. The van der Waals surface area contributed by atoms with Crippen molar-refractivity contribution in [3.05, 3.63) is 29.3 Å². The number of rotatable bonds is 5. The summed E-state index contributed by atoms with van der Waals surface area (Å²) in [5, 5.41) is -0.624. The number of carbonyl (C=O) groups is 4. The minimum atomic E-state index is -0.764. The summed E-state index contributed by atoms with van der Waals surface area (Å²) in [6.07, 6.45) is 0. The highest BCUT2D eigenvalue weighted by atomic mass is 32.2. The lowest BCUT2D eigenvalue weighted by molar-refractivity contribution is -0.153. The summed E-state index contributed by atoms with van der Waals surface area (Å²) in [6.45, 7) is 4.50. The van der Waals surface area contributed by atoms with E-state index in [0.29, 0.717) is 11.3 Å². The van der Waals surface area contributed by atoms with Gasteiger partial charge in [0.25, 0.3) is 0 Å². The maximum Gasteiger partial charge on any atom is 0.338 e. The Labute approximate surface area is 161 Å². The molecular formula is C18H21NO7S. The van der Waals surface area contributed by atoms with Gasteiger partial charge in [-0.1, -0.05) is 0 Å². The van der Waals surface area contributed by atoms with Crippen LogP contribution in [-0.4, -0.2) is 54.2 Å². The van der Waals surface area contributed by atoms with Gasteiger partial charge >= 0.3 is 17.9 Å². The lowest BCUT2D eigenvalue weighted by Gasteiger charge is -2.28. The first-order chi connectivity index (χ1) is 12.8. The molecule has 1 amide bonds. The molecule has 0 radical (unpaired) electrons. The lowest BCUT2D eigenvalue weighted by atomic mass is 10.1. The van der Waals surface area contributed by atoms with Gasteiger partial charge in [-0.05, 0) is 25.1 Å². The maximum atomic E-state index is 12.3. The Morgan fingerprint density at radius 1 is 1.22 bits per heavy atom. The van der Waals surface area contributed by atoms with E-state index in [1.165, 1.54) is 55.8 Å². The Bertz CT molecular complexity index is 764. The molecule has 1 saturated heterocycles. The van der Waals surface area contributed by atoms with Gasteiger partial charge in [0.15, 0.2) is 0 Å². The topological polar surface area (TPSA) is 99.2 Å². The molecule has 8 nitrogen and oxygen atoms in total. The molecule has 1 aliphatic rings. The molecule has 2 rings (SSSR count). The van der Waals surface area contributed by atoms with Crippen molar-refractivity contribution in [3.63, 3.8) is 0 Å². The number of thioether (sulfide) groups is 1.